The molecule has 4 rings (SSSR count). The van der Waals surface area contributed by atoms with Crippen molar-refractivity contribution in [3.05, 3.63) is 90.3 Å². The van der Waals surface area contributed by atoms with Gasteiger partial charge in [-0.2, -0.15) is 0 Å². The second-order valence-corrected chi connectivity index (χ2v) is 7.20. The number of amides is 1. The second kappa shape index (κ2) is 9.30. The predicted octanol–water partition coefficient (Wildman–Crippen LogP) is 4.78. The highest BCUT2D eigenvalue weighted by Crippen LogP contribution is 2.36. The standard InChI is InChI=1S/C26H24N2O3/c1-30-24-11-9-19(15-25(24)31-2)21-10-8-20(23-17-27-13-12-22(21)23)16-28-26(29)14-18-6-4-3-5-7-18/h3-13,15,17H,14,16H2,1-2H3,(H,28,29). The van der Waals surface area contributed by atoms with Crippen LogP contribution in [0.1, 0.15) is 11.1 Å². The summed E-state index contributed by atoms with van der Waals surface area (Å²) in [5.74, 6) is 1.36. The van der Waals surface area contributed by atoms with Crippen LogP contribution in [-0.2, 0) is 17.8 Å². The minimum absolute atomic E-state index is 0.00722. The van der Waals surface area contributed by atoms with Crippen molar-refractivity contribution < 1.29 is 14.3 Å². The summed E-state index contributed by atoms with van der Waals surface area (Å²) >= 11 is 0. The highest BCUT2D eigenvalue weighted by Gasteiger charge is 2.12. The van der Waals surface area contributed by atoms with Crippen molar-refractivity contribution in [2.24, 2.45) is 0 Å². The molecular weight excluding hydrogens is 388 g/mol. The molecule has 0 fully saturated rings. The van der Waals surface area contributed by atoms with Crippen LogP contribution < -0.4 is 14.8 Å². The topological polar surface area (TPSA) is 60.5 Å². The molecule has 1 amide bonds. The molecule has 0 unspecified atom stereocenters. The van der Waals surface area contributed by atoms with Crippen molar-refractivity contribution in [3.8, 4) is 22.6 Å². The number of benzene rings is 3. The van der Waals surface area contributed by atoms with Crippen LogP contribution in [0.25, 0.3) is 21.9 Å². The van der Waals surface area contributed by atoms with Crippen LogP contribution in [0.15, 0.2) is 79.1 Å². The number of fused-ring (bicyclic) bond motifs is 1. The van der Waals surface area contributed by atoms with E-state index in [1.807, 2.05) is 66.9 Å². The van der Waals surface area contributed by atoms with Crippen LogP contribution in [0.2, 0.25) is 0 Å². The minimum Gasteiger partial charge on any atom is -0.493 e. The van der Waals surface area contributed by atoms with Crippen molar-refractivity contribution in [2.75, 3.05) is 14.2 Å². The lowest BCUT2D eigenvalue weighted by Gasteiger charge is -2.14. The molecule has 156 valence electrons. The summed E-state index contributed by atoms with van der Waals surface area (Å²) in [4.78, 5) is 16.7. The molecule has 0 saturated heterocycles. The molecule has 5 heteroatoms. The molecule has 0 aliphatic carbocycles. The zero-order valence-corrected chi connectivity index (χ0v) is 17.6. The zero-order chi connectivity index (χ0) is 21.6. The van der Waals surface area contributed by atoms with Crippen molar-refractivity contribution in [1.29, 1.82) is 0 Å². The molecule has 0 saturated carbocycles. The maximum absolute atomic E-state index is 12.4. The third kappa shape index (κ3) is 4.51. The number of ether oxygens (including phenoxy) is 2. The fraction of sp³-hybridized carbons (Fsp3) is 0.154. The highest BCUT2D eigenvalue weighted by atomic mass is 16.5. The molecule has 0 atom stereocenters. The van der Waals surface area contributed by atoms with Crippen molar-refractivity contribution >= 4 is 16.7 Å². The highest BCUT2D eigenvalue weighted by molar-refractivity contribution is 5.98. The lowest BCUT2D eigenvalue weighted by atomic mass is 9.96. The molecule has 0 aliphatic rings. The molecule has 0 spiro atoms. The molecule has 1 aromatic heterocycles. The normalized spacial score (nSPS) is 10.6. The monoisotopic (exact) mass is 412 g/mol. The Labute approximate surface area is 181 Å². The van der Waals surface area contributed by atoms with Crippen LogP contribution in [0, 0.1) is 0 Å². The van der Waals surface area contributed by atoms with Gasteiger partial charge in [-0.3, -0.25) is 9.78 Å². The van der Waals surface area contributed by atoms with Gasteiger partial charge in [-0.25, -0.2) is 0 Å². The van der Waals surface area contributed by atoms with E-state index in [0.29, 0.717) is 24.5 Å². The van der Waals surface area contributed by atoms with Gasteiger partial charge in [0.2, 0.25) is 5.91 Å². The lowest BCUT2D eigenvalue weighted by molar-refractivity contribution is -0.120. The second-order valence-electron chi connectivity index (χ2n) is 7.20. The SMILES string of the molecule is COc1ccc(-c2ccc(CNC(=O)Cc3ccccc3)c3cnccc23)cc1OC. The Bertz CT molecular complexity index is 1210. The molecule has 0 radical (unpaired) electrons. The third-order valence-electron chi connectivity index (χ3n) is 5.29. The van der Waals surface area contributed by atoms with E-state index in [9.17, 15) is 4.79 Å². The summed E-state index contributed by atoms with van der Waals surface area (Å²) in [6.45, 7) is 0.445. The van der Waals surface area contributed by atoms with Crippen molar-refractivity contribution in [3.63, 3.8) is 0 Å². The van der Waals surface area contributed by atoms with Crippen LogP contribution in [0.5, 0.6) is 11.5 Å². The molecule has 0 aliphatic heterocycles. The Morgan fingerprint density at radius 1 is 0.903 bits per heavy atom. The number of hydrogen-bond donors (Lipinski definition) is 1. The number of rotatable bonds is 7. The van der Waals surface area contributed by atoms with E-state index in [1.165, 1.54) is 0 Å². The Morgan fingerprint density at radius 3 is 2.48 bits per heavy atom. The van der Waals surface area contributed by atoms with E-state index >= 15 is 0 Å². The van der Waals surface area contributed by atoms with Gasteiger partial charge >= 0.3 is 0 Å². The summed E-state index contributed by atoms with van der Waals surface area (Å²) in [5.41, 5.74) is 4.11. The third-order valence-corrected chi connectivity index (χ3v) is 5.29. The zero-order valence-electron chi connectivity index (χ0n) is 17.6. The van der Waals surface area contributed by atoms with Crippen molar-refractivity contribution in [1.82, 2.24) is 10.3 Å². The van der Waals surface area contributed by atoms with Gasteiger partial charge in [-0.15, -0.1) is 0 Å². The van der Waals surface area contributed by atoms with E-state index in [1.54, 1.807) is 20.4 Å². The van der Waals surface area contributed by atoms with Gasteiger partial charge in [0.25, 0.3) is 0 Å². The summed E-state index contributed by atoms with van der Waals surface area (Å²) in [6, 6.07) is 21.7. The smallest absolute Gasteiger partial charge is 0.224 e. The summed E-state index contributed by atoms with van der Waals surface area (Å²) in [5, 5.41) is 5.10. The molecule has 0 bridgehead atoms. The van der Waals surface area contributed by atoms with Crippen LogP contribution in [0.3, 0.4) is 0 Å². The molecule has 1 N–H and O–H groups in total. The number of nitrogens with zero attached hydrogens (tertiary/aromatic N) is 1. The number of nitrogens with one attached hydrogen (secondary N) is 1. The average molecular weight is 412 g/mol. The maximum atomic E-state index is 12.4. The lowest BCUT2D eigenvalue weighted by Crippen LogP contribution is -2.24. The molecule has 31 heavy (non-hydrogen) atoms. The summed E-state index contributed by atoms with van der Waals surface area (Å²) in [6.07, 6.45) is 3.99. The fourth-order valence-corrected chi connectivity index (χ4v) is 3.70. The van der Waals surface area contributed by atoms with E-state index < -0.39 is 0 Å². The van der Waals surface area contributed by atoms with Gasteiger partial charge in [0.05, 0.1) is 20.6 Å². The number of pyridine rings is 1. The van der Waals surface area contributed by atoms with Crippen LogP contribution in [0.4, 0.5) is 0 Å². The van der Waals surface area contributed by atoms with E-state index in [-0.39, 0.29) is 5.91 Å². The number of hydrogen-bond acceptors (Lipinski definition) is 4. The minimum atomic E-state index is -0.00722. The fourth-order valence-electron chi connectivity index (χ4n) is 3.70. The van der Waals surface area contributed by atoms with E-state index in [4.69, 9.17) is 9.47 Å². The number of aromatic nitrogens is 1. The van der Waals surface area contributed by atoms with Gasteiger partial charge in [0.15, 0.2) is 11.5 Å². The van der Waals surface area contributed by atoms with Gasteiger partial charge in [0.1, 0.15) is 0 Å². The van der Waals surface area contributed by atoms with Gasteiger partial charge in [-0.1, -0.05) is 48.5 Å². The van der Waals surface area contributed by atoms with E-state index in [2.05, 4.69) is 16.4 Å². The Balaban J connectivity index is 1.61. The quantitative estimate of drug-likeness (QED) is 0.475. The molecule has 5 nitrogen and oxygen atoms in total. The number of carbonyl (C=O) groups excluding carboxylic acids is 1. The Morgan fingerprint density at radius 2 is 1.71 bits per heavy atom. The first-order chi connectivity index (χ1) is 15.2. The molecule has 1 heterocycles. The number of carbonyl (C=O) groups is 1. The first kappa shape index (κ1) is 20.4. The summed E-state index contributed by atoms with van der Waals surface area (Å²) < 4.78 is 10.8. The maximum Gasteiger partial charge on any atom is 0.224 e. The van der Waals surface area contributed by atoms with Gasteiger partial charge in [-0.05, 0) is 45.8 Å². The molecule has 4 aromatic rings. The Kier molecular flexibility index (Phi) is 6.13. The van der Waals surface area contributed by atoms with Gasteiger partial charge < -0.3 is 14.8 Å². The van der Waals surface area contributed by atoms with E-state index in [0.717, 1.165) is 33.0 Å². The Hall–Kier alpha value is -3.86. The first-order valence-corrected chi connectivity index (χ1v) is 10.1. The van der Waals surface area contributed by atoms with Crippen LogP contribution in [-0.4, -0.2) is 25.1 Å². The largest absolute Gasteiger partial charge is 0.493 e. The average Bonchev–Trinajstić information content (AvgIpc) is 2.82. The molecule has 3 aromatic carbocycles. The summed E-state index contributed by atoms with van der Waals surface area (Å²) in [7, 11) is 3.25. The predicted molar refractivity (Wildman–Crippen MR) is 122 cm³/mol. The first-order valence-electron chi connectivity index (χ1n) is 10.1. The number of methoxy groups -OCH3 is 2. The van der Waals surface area contributed by atoms with Gasteiger partial charge in [0, 0.05) is 24.3 Å². The van der Waals surface area contributed by atoms with Crippen LogP contribution >= 0.6 is 0 Å². The van der Waals surface area contributed by atoms with Crippen molar-refractivity contribution in [2.45, 2.75) is 13.0 Å². The molecular formula is C26H24N2O3.